The van der Waals surface area contributed by atoms with Crippen LogP contribution in [0.5, 0.6) is 0 Å². The molecule has 0 heterocycles. The van der Waals surface area contributed by atoms with Crippen molar-refractivity contribution in [2.24, 2.45) is 0 Å². The van der Waals surface area contributed by atoms with Gasteiger partial charge in [-0.3, -0.25) is 4.79 Å². The van der Waals surface area contributed by atoms with Crippen molar-refractivity contribution in [1.29, 1.82) is 0 Å². The van der Waals surface area contributed by atoms with Crippen molar-refractivity contribution >= 4 is 11.8 Å². The van der Waals surface area contributed by atoms with Crippen LogP contribution < -0.4 is 0 Å². The average molecular weight is 296 g/mol. The van der Waals surface area contributed by atoms with Crippen molar-refractivity contribution in [2.45, 2.75) is 39.7 Å². The number of carbonyl (C=O) groups excluding carboxylic acids is 2. The third-order valence-electron chi connectivity index (χ3n) is 2.71. The lowest BCUT2D eigenvalue weighted by molar-refractivity contribution is -0.137. The highest BCUT2D eigenvalue weighted by atomic mass is 19.1. The van der Waals surface area contributed by atoms with Crippen molar-refractivity contribution < 1.29 is 23.5 Å². The van der Waals surface area contributed by atoms with Crippen molar-refractivity contribution in [3.63, 3.8) is 0 Å². The molecule has 1 aromatic rings. The molecule has 0 unspecified atom stereocenters. The number of hydrogen-bond donors (Lipinski definition) is 0. The van der Waals surface area contributed by atoms with Gasteiger partial charge in [0.25, 0.3) is 5.78 Å². The van der Waals surface area contributed by atoms with Gasteiger partial charge in [0.15, 0.2) is 0 Å². The summed E-state index contributed by atoms with van der Waals surface area (Å²) in [5, 5.41) is 0. The molecule has 0 spiro atoms. The van der Waals surface area contributed by atoms with E-state index in [1.165, 1.54) is 18.2 Å². The Kier molecular flexibility index (Phi) is 6.03. The first-order chi connectivity index (χ1) is 9.76. The third kappa shape index (κ3) is 5.27. The minimum atomic E-state index is -0.971. The summed E-state index contributed by atoms with van der Waals surface area (Å²) >= 11 is 0. The zero-order chi connectivity index (χ0) is 16.0. The van der Waals surface area contributed by atoms with E-state index in [4.69, 9.17) is 4.74 Å². The molecule has 0 saturated carbocycles. The maximum atomic E-state index is 13.9. The molecule has 0 amide bonds. The maximum Gasteiger partial charge on any atom is 0.379 e. The Balaban J connectivity index is 2.93. The van der Waals surface area contributed by atoms with E-state index in [1.54, 1.807) is 6.92 Å². The molecule has 4 nitrogen and oxygen atoms in total. The van der Waals surface area contributed by atoms with Crippen LogP contribution in [0.3, 0.4) is 0 Å². The van der Waals surface area contributed by atoms with Gasteiger partial charge in [-0.2, -0.15) is 0 Å². The highest BCUT2D eigenvalue weighted by Crippen LogP contribution is 2.17. The number of hydrogen-bond acceptors (Lipinski definition) is 4. The van der Waals surface area contributed by atoms with Crippen LogP contribution in [0.15, 0.2) is 18.2 Å². The van der Waals surface area contributed by atoms with Gasteiger partial charge in [0.2, 0.25) is 0 Å². The molecule has 0 fully saturated rings. The van der Waals surface area contributed by atoms with E-state index in [0.717, 1.165) is 0 Å². The lowest BCUT2D eigenvalue weighted by Gasteiger charge is -2.20. The number of Topliss-reactive ketones (excluding diaryl/α,β-unsaturated/α-hetero) is 1. The minimum absolute atomic E-state index is 0.0333. The van der Waals surface area contributed by atoms with Crippen LogP contribution in [0.25, 0.3) is 0 Å². The predicted octanol–water partition coefficient (Wildman–Crippen LogP) is 2.93. The average Bonchev–Trinajstić information content (AvgIpc) is 2.38. The number of carbonyl (C=O) groups is 2. The fourth-order valence-corrected chi connectivity index (χ4v) is 1.79. The molecule has 5 heteroatoms. The number of benzene rings is 1. The first kappa shape index (κ1) is 17.3. The topological polar surface area (TPSA) is 52.6 Å². The standard InChI is InChI=1S/C16H21FO4/c1-5-20-15(19)14(18)12-7-6-8-13(17)11(12)9-10-21-16(2,3)4/h6-8H,5,9-10H2,1-4H3. The highest BCUT2D eigenvalue weighted by molar-refractivity contribution is 6.41. The molecular formula is C16H21FO4. The molecule has 0 bridgehead atoms. The van der Waals surface area contributed by atoms with Crippen LogP contribution in [0, 0.1) is 5.82 Å². The van der Waals surface area contributed by atoms with E-state index in [0.29, 0.717) is 0 Å². The van der Waals surface area contributed by atoms with Gasteiger partial charge in [0.1, 0.15) is 5.82 Å². The molecule has 0 aliphatic heterocycles. The first-order valence-corrected chi connectivity index (χ1v) is 6.89. The predicted molar refractivity (Wildman–Crippen MR) is 76.8 cm³/mol. The minimum Gasteiger partial charge on any atom is -0.460 e. The first-order valence-electron chi connectivity index (χ1n) is 6.89. The van der Waals surface area contributed by atoms with Gasteiger partial charge in [-0.1, -0.05) is 12.1 Å². The van der Waals surface area contributed by atoms with Crippen molar-refractivity contribution in [1.82, 2.24) is 0 Å². The van der Waals surface area contributed by atoms with Crippen LogP contribution in [0.4, 0.5) is 4.39 Å². The van der Waals surface area contributed by atoms with Crippen LogP contribution in [0.1, 0.15) is 43.6 Å². The Morgan fingerprint density at radius 3 is 2.48 bits per heavy atom. The van der Waals surface area contributed by atoms with Gasteiger partial charge in [-0.15, -0.1) is 0 Å². The lowest BCUT2D eigenvalue weighted by Crippen LogP contribution is -2.23. The van der Waals surface area contributed by atoms with Gasteiger partial charge in [-0.05, 0) is 40.2 Å². The summed E-state index contributed by atoms with van der Waals surface area (Å²) in [6, 6.07) is 4.08. The summed E-state index contributed by atoms with van der Waals surface area (Å²) in [6.45, 7) is 7.63. The molecule has 0 saturated heterocycles. The molecule has 0 radical (unpaired) electrons. The maximum absolute atomic E-state index is 13.9. The molecule has 1 aromatic carbocycles. The van der Waals surface area contributed by atoms with E-state index < -0.39 is 17.6 Å². The van der Waals surface area contributed by atoms with E-state index in [1.807, 2.05) is 20.8 Å². The summed E-state index contributed by atoms with van der Waals surface area (Å²) in [7, 11) is 0. The molecule has 0 aliphatic carbocycles. The van der Waals surface area contributed by atoms with E-state index in [-0.39, 0.29) is 36.4 Å². The second-order valence-corrected chi connectivity index (χ2v) is 5.53. The van der Waals surface area contributed by atoms with Crippen molar-refractivity contribution in [2.75, 3.05) is 13.2 Å². The van der Waals surface area contributed by atoms with Gasteiger partial charge in [0, 0.05) is 11.1 Å². The fraction of sp³-hybridized carbons (Fsp3) is 0.500. The molecule has 116 valence electrons. The number of rotatable bonds is 6. The molecule has 21 heavy (non-hydrogen) atoms. The van der Waals surface area contributed by atoms with Crippen LogP contribution in [0.2, 0.25) is 0 Å². The summed E-state index contributed by atoms with van der Waals surface area (Å²) < 4.78 is 24.1. The number of halogens is 1. The zero-order valence-electron chi connectivity index (χ0n) is 12.9. The highest BCUT2D eigenvalue weighted by Gasteiger charge is 2.23. The van der Waals surface area contributed by atoms with E-state index >= 15 is 0 Å². The SMILES string of the molecule is CCOC(=O)C(=O)c1cccc(F)c1CCOC(C)(C)C. The van der Waals surface area contributed by atoms with Crippen molar-refractivity contribution in [3.05, 3.63) is 35.1 Å². The number of ketones is 1. The fourth-order valence-electron chi connectivity index (χ4n) is 1.79. The number of ether oxygens (including phenoxy) is 2. The van der Waals surface area contributed by atoms with Crippen LogP contribution in [-0.2, 0) is 20.7 Å². The van der Waals surface area contributed by atoms with Gasteiger partial charge >= 0.3 is 5.97 Å². The zero-order valence-corrected chi connectivity index (χ0v) is 12.9. The Morgan fingerprint density at radius 1 is 1.24 bits per heavy atom. The van der Waals surface area contributed by atoms with Crippen LogP contribution in [-0.4, -0.2) is 30.6 Å². The summed E-state index contributed by atoms with van der Waals surface area (Å²) in [5.74, 6) is -2.33. The summed E-state index contributed by atoms with van der Waals surface area (Å²) in [6.07, 6.45) is 0.213. The summed E-state index contributed by atoms with van der Waals surface area (Å²) in [4.78, 5) is 23.5. The Bertz CT molecular complexity index is 517. The third-order valence-corrected chi connectivity index (χ3v) is 2.71. The largest absolute Gasteiger partial charge is 0.460 e. The molecule has 0 aliphatic rings. The lowest BCUT2D eigenvalue weighted by atomic mass is 10.0. The molecular weight excluding hydrogens is 275 g/mol. The second-order valence-electron chi connectivity index (χ2n) is 5.53. The summed E-state index contributed by atoms with van der Waals surface area (Å²) in [5.41, 5.74) is -0.137. The van der Waals surface area contributed by atoms with Gasteiger partial charge in [0.05, 0.1) is 18.8 Å². The number of esters is 1. The van der Waals surface area contributed by atoms with E-state index in [9.17, 15) is 14.0 Å². The normalized spacial score (nSPS) is 11.3. The Labute approximate surface area is 124 Å². The van der Waals surface area contributed by atoms with Crippen LogP contribution >= 0.6 is 0 Å². The smallest absolute Gasteiger partial charge is 0.379 e. The molecule has 0 aromatic heterocycles. The van der Waals surface area contributed by atoms with Gasteiger partial charge in [-0.25, -0.2) is 9.18 Å². The molecule has 1 rings (SSSR count). The molecule has 0 N–H and O–H groups in total. The molecule has 0 atom stereocenters. The van der Waals surface area contributed by atoms with E-state index in [2.05, 4.69) is 4.74 Å². The Hall–Kier alpha value is -1.75. The monoisotopic (exact) mass is 296 g/mol. The quantitative estimate of drug-likeness (QED) is 0.460. The van der Waals surface area contributed by atoms with Gasteiger partial charge < -0.3 is 9.47 Å². The second kappa shape index (κ2) is 7.31. The van der Waals surface area contributed by atoms with Crippen molar-refractivity contribution in [3.8, 4) is 0 Å². The Morgan fingerprint density at radius 2 is 1.90 bits per heavy atom.